The number of pyridine rings is 1. The summed E-state index contributed by atoms with van der Waals surface area (Å²) in [4.78, 5) is 14.6. The first-order valence-corrected chi connectivity index (χ1v) is 9.25. The van der Waals surface area contributed by atoms with Gasteiger partial charge in [0.05, 0.1) is 0 Å². The summed E-state index contributed by atoms with van der Waals surface area (Å²) in [5.74, 6) is 1.87. The third kappa shape index (κ3) is 3.21. The topological polar surface area (TPSA) is 79.2 Å². The zero-order valence-corrected chi connectivity index (χ0v) is 15.2. The predicted octanol–water partition coefficient (Wildman–Crippen LogP) is 2.67. The zero-order valence-electron chi connectivity index (χ0n) is 15.2. The molecule has 0 aliphatic carbocycles. The molecule has 1 amide bonds. The minimum absolute atomic E-state index is 0.0146. The summed E-state index contributed by atoms with van der Waals surface area (Å²) < 4.78 is 2.05. The summed E-state index contributed by atoms with van der Waals surface area (Å²) in [6.07, 6.45) is 4.69. The van der Waals surface area contributed by atoms with Crippen LogP contribution in [0.25, 0.3) is 5.65 Å². The van der Waals surface area contributed by atoms with E-state index in [1.807, 2.05) is 39.8 Å². The van der Waals surface area contributed by atoms with Crippen molar-refractivity contribution in [2.45, 2.75) is 39.0 Å². The van der Waals surface area contributed by atoms with E-state index in [1.165, 1.54) is 0 Å². The minimum Gasteiger partial charge on any atom is -0.337 e. The van der Waals surface area contributed by atoms with Crippen molar-refractivity contribution < 1.29 is 4.79 Å². The first-order valence-electron chi connectivity index (χ1n) is 9.25. The molecule has 0 saturated carbocycles. The van der Waals surface area contributed by atoms with Crippen molar-refractivity contribution in [1.29, 1.82) is 0 Å². The van der Waals surface area contributed by atoms with Gasteiger partial charge in [0, 0.05) is 30.9 Å². The van der Waals surface area contributed by atoms with Gasteiger partial charge in [-0.3, -0.25) is 14.3 Å². The van der Waals surface area contributed by atoms with Gasteiger partial charge in [-0.1, -0.05) is 19.9 Å². The standard InChI is InChI=1S/C19H24N6O/c1-13(2)11-15-12-16(21-20-15)19(26)24-9-6-14(7-10-24)18-23-22-17-5-3-4-8-25(17)18/h3-5,8,12-14H,6-7,9-11H2,1-2H3,(H,20,21). The van der Waals surface area contributed by atoms with Crippen molar-refractivity contribution in [2.24, 2.45) is 5.92 Å². The molecule has 0 unspecified atom stereocenters. The van der Waals surface area contributed by atoms with E-state index >= 15 is 0 Å². The third-order valence-electron chi connectivity index (χ3n) is 4.97. The Labute approximate surface area is 152 Å². The number of rotatable bonds is 4. The normalized spacial score (nSPS) is 15.9. The summed E-state index contributed by atoms with van der Waals surface area (Å²) in [5, 5.41) is 15.8. The molecule has 0 atom stereocenters. The first-order chi connectivity index (χ1) is 12.6. The fourth-order valence-corrected chi connectivity index (χ4v) is 3.66. The molecular formula is C19H24N6O. The predicted molar refractivity (Wildman–Crippen MR) is 98.0 cm³/mol. The molecule has 1 aliphatic rings. The van der Waals surface area contributed by atoms with E-state index in [2.05, 4.69) is 34.2 Å². The number of aromatic nitrogens is 5. The third-order valence-corrected chi connectivity index (χ3v) is 4.97. The molecule has 1 aliphatic heterocycles. The molecule has 136 valence electrons. The lowest BCUT2D eigenvalue weighted by Crippen LogP contribution is -2.38. The average Bonchev–Trinajstić information content (AvgIpc) is 3.28. The molecule has 26 heavy (non-hydrogen) atoms. The van der Waals surface area contributed by atoms with Crippen LogP contribution in [0.2, 0.25) is 0 Å². The average molecular weight is 352 g/mol. The number of carbonyl (C=O) groups excluding carboxylic acids is 1. The number of H-pyrrole nitrogens is 1. The highest BCUT2D eigenvalue weighted by atomic mass is 16.2. The van der Waals surface area contributed by atoms with Gasteiger partial charge in [-0.15, -0.1) is 10.2 Å². The van der Waals surface area contributed by atoms with E-state index in [-0.39, 0.29) is 5.91 Å². The Morgan fingerprint density at radius 1 is 1.27 bits per heavy atom. The zero-order chi connectivity index (χ0) is 18.1. The largest absolute Gasteiger partial charge is 0.337 e. The number of likely N-dealkylation sites (tertiary alicyclic amines) is 1. The molecule has 7 nitrogen and oxygen atoms in total. The summed E-state index contributed by atoms with van der Waals surface area (Å²) in [5.41, 5.74) is 2.41. The second-order valence-corrected chi connectivity index (χ2v) is 7.43. The Morgan fingerprint density at radius 3 is 2.85 bits per heavy atom. The second-order valence-electron chi connectivity index (χ2n) is 7.43. The Balaban J connectivity index is 1.41. The Kier molecular flexibility index (Phi) is 4.44. The lowest BCUT2D eigenvalue weighted by molar-refractivity contribution is 0.0705. The van der Waals surface area contributed by atoms with Gasteiger partial charge >= 0.3 is 0 Å². The highest BCUT2D eigenvalue weighted by Gasteiger charge is 2.28. The van der Waals surface area contributed by atoms with Crippen LogP contribution in [0.1, 0.15) is 54.6 Å². The van der Waals surface area contributed by atoms with E-state index in [0.717, 1.165) is 49.5 Å². The first kappa shape index (κ1) is 16.8. The van der Waals surface area contributed by atoms with Crippen LogP contribution in [0.5, 0.6) is 0 Å². The Hall–Kier alpha value is -2.70. The molecular weight excluding hydrogens is 328 g/mol. The molecule has 7 heteroatoms. The van der Waals surface area contributed by atoms with Crippen molar-refractivity contribution in [3.63, 3.8) is 0 Å². The summed E-state index contributed by atoms with van der Waals surface area (Å²) in [6.45, 7) is 5.75. The highest BCUT2D eigenvalue weighted by Crippen LogP contribution is 2.27. The van der Waals surface area contributed by atoms with Crippen LogP contribution in [0.15, 0.2) is 30.5 Å². The molecule has 1 N–H and O–H groups in total. The number of fused-ring (bicyclic) bond motifs is 1. The molecule has 3 aromatic rings. The number of amides is 1. The fraction of sp³-hybridized carbons (Fsp3) is 0.474. The molecule has 1 saturated heterocycles. The number of hydrogen-bond acceptors (Lipinski definition) is 4. The van der Waals surface area contributed by atoms with Gasteiger partial charge in [-0.2, -0.15) is 5.10 Å². The minimum atomic E-state index is 0.0146. The molecule has 1 fully saturated rings. The highest BCUT2D eigenvalue weighted by molar-refractivity contribution is 5.92. The summed E-state index contributed by atoms with van der Waals surface area (Å²) in [7, 11) is 0. The lowest BCUT2D eigenvalue weighted by atomic mass is 9.95. The summed E-state index contributed by atoms with van der Waals surface area (Å²) >= 11 is 0. The number of piperidine rings is 1. The van der Waals surface area contributed by atoms with E-state index in [1.54, 1.807) is 0 Å². The number of carbonyl (C=O) groups is 1. The summed E-state index contributed by atoms with van der Waals surface area (Å²) in [6, 6.07) is 7.80. The monoisotopic (exact) mass is 352 g/mol. The van der Waals surface area contributed by atoms with Gasteiger partial charge in [0.1, 0.15) is 11.5 Å². The van der Waals surface area contributed by atoms with Crippen molar-refractivity contribution in [1.82, 2.24) is 29.7 Å². The lowest BCUT2D eigenvalue weighted by Gasteiger charge is -2.30. The van der Waals surface area contributed by atoms with Crippen molar-refractivity contribution in [3.8, 4) is 0 Å². The van der Waals surface area contributed by atoms with E-state index in [0.29, 0.717) is 17.5 Å². The van der Waals surface area contributed by atoms with Crippen LogP contribution in [0, 0.1) is 5.92 Å². The molecule has 4 heterocycles. The van der Waals surface area contributed by atoms with Gasteiger partial charge in [-0.25, -0.2) is 0 Å². The number of hydrogen-bond donors (Lipinski definition) is 1. The van der Waals surface area contributed by atoms with Gasteiger partial charge < -0.3 is 4.90 Å². The molecule has 0 radical (unpaired) electrons. The molecule has 0 aromatic carbocycles. The van der Waals surface area contributed by atoms with E-state index in [9.17, 15) is 4.79 Å². The maximum absolute atomic E-state index is 12.7. The number of nitrogens with one attached hydrogen (secondary N) is 1. The van der Waals surface area contributed by atoms with Crippen molar-refractivity contribution >= 4 is 11.6 Å². The van der Waals surface area contributed by atoms with Crippen LogP contribution < -0.4 is 0 Å². The fourth-order valence-electron chi connectivity index (χ4n) is 3.66. The SMILES string of the molecule is CC(C)Cc1cc(C(=O)N2CCC(c3nnc4ccccn34)CC2)n[nH]1. The molecule has 4 rings (SSSR count). The van der Waals surface area contributed by atoms with Gasteiger partial charge in [-0.05, 0) is 43.4 Å². The van der Waals surface area contributed by atoms with Crippen LogP contribution in [0.3, 0.4) is 0 Å². The smallest absolute Gasteiger partial charge is 0.274 e. The Morgan fingerprint density at radius 2 is 2.08 bits per heavy atom. The number of nitrogens with zero attached hydrogens (tertiary/aromatic N) is 5. The Bertz CT molecular complexity index is 904. The quantitative estimate of drug-likeness (QED) is 0.783. The van der Waals surface area contributed by atoms with Gasteiger partial charge in [0.15, 0.2) is 5.65 Å². The maximum atomic E-state index is 12.7. The second kappa shape index (κ2) is 6.90. The molecule has 0 spiro atoms. The molecule has 0 bridgehead atoms. The number of aromatic amines is 1. The van der Waals surface area contributed by atoms with Gasteiger partial charge in [0.2, 0.25) is 0 Å². The van der Waals surface area contributed by atoms with Crippen LogP contribution in [0.4, 0.5) is 0 Å². The van der Waals surface area contributed by atoms with Gasteiger partial charge in [0.25, 0.3) is 5.91 Å². The maximum Gasteiger partial charge on any atom is 0.274 e. The van der Waals surface area contributed by atoms with Crippen molar-refractivity contribution in [2.75, 3.05) is 13.1 Å². The van der Waals surface area contributed by atoms with E-state index in [4.69, 9.17) is 0 Å². The van der Waals surface area contributed by atoms with Crippen LogP contribution >= 0.6 is 0 Å². The van der Waals surface area contributed by atoms with Crippen LogP contribution in [-0.4, -0.2) is 48.7 Å². The molecule has 3 aromatic heterocycles. The van der Waals surface area contributed by atoms with E-state index < -0.39 is 0 Å². The van der Waals surface area contributed by atoms with Crippen LogP contribution in [-0.2, 0) is 6.42 Å². The van der Waals surface area contributed by atoms with Crippen molar-refractivity contribution in [3.05, 3.63) is 47.7 Å².